The first-order valence-corrected chi connectivity index (χ1v) is 7.53. The SMILES string of the molecule is Cc1ccccc1Oc1cc(N(C)Cc2ccccc2)ncn1. The Morgan fingerprint density at radius 3 is 2.48 bits per heavy atom. The molecule has 0 spiro atoms. The number of aryl methyl sites for hydroxylation is 1. The smallest absolute Gasteiger partial charge is 0.224 e. The Morgan fingerprint density at radius 2 is 1.70 bits per heavy atom. The van der Waals surface area contributed by atoms with E-state index in [2.05, 4.69) is 27.0 Å². The van der Waals surface area contributed by atoms with Crippen molar-refractivity contribution in [3.8, 4) is 11.6 Å². The molecule has 0 aliphatic heterocycles. The summed E-state index contributed by atoms with van der Waals surface area (Å²) in [6.07, 6.45) is 1.53. The van der Waals surface area contributed by atoms with Crippen LogP contribution in [0.1, 0.15) is 11.1 Å². The van der Waals surface area contributed by atoms with Gasteiger partial charge in [0.25, 0.3) is 0 Å². The number of anilines is 1. The number of rotatable bonds is 5. The van der Waals surface area contributed by atoms with Crippen LogP contribution in [0.5, 0.6) is 11.6 Å². The quantitative estimate of drug-likeness (QED) is 0.707. The number of nitrogens with zero attached hydrogens (tertiary/aromatic N) is 3. The first-order valence-electron chi connectivity index (χ1n) is 7.53. The minimum atomic E-state index is 0.546. The van der Waals surface area contributed by atoms with Crippen molar-refractivity contribution in [2.45, 2.75) is 13.5 Å². The first kappa shape index (κ1) is 15.0. The molecule has 2 aromatic carbocycles. The Kier molecular flexibility index (Phi) is 4.52. The minimum Gasteiger partial charge on any atom is -0.439 e. The van der Waals surface area contributed by atoms with Crippen molar-refractivity contribution in [1.82, 2.24) is 9.97 Å². The Hall–Kier alpha value is -2.88. The summed E-state index contributed by atoms with van der Waals surface area (Å²) in [6.45, 7) is 2.79. The molecule has 0 saturated carbocycles. The number of benzene rings is 2. The molecule has 0 aliphatic carbocycles. The van der Waals surface area contributed by atoms with Gasteiger partial charge in [-0.15, -0.1) is 0 Å². The van der Waals surface area contributed by atoms with Gasteiger partial charge in [-0.2, -0.15) is 0 Å². The molecule has 3 rings (SSSR count). The molecule has 0 amide bonds. The van der Waals surface area contributed by atoms with Gasteiger partial charge in [-0.1, -0.05) is 48.5 Å². The summed E-state index contributed by atoms with van der Waals surface area (Å²) in [7, 11) is 2.01. The van der Waals surface area contributed by atoms with Crippen LogP contribution in [0.2, 0.25) is 0 Å². The lowest BCUT2D eigenvalue weighted by Crippen LogP contribution is -2.17. The van der Waals surface area contributed by atoms with Crippen LogP contribution in [0.15, 0.2) is 67.0 Å². The molecule has 0 saturated heterocycles. The molecule has 0 fully saturated rings. The summed E-state index contributed by atoms with van der Waals surface area (Å²) in [4.78, 5) is 10.6. The number of hydrogen-bond acceptors (Lipinski definition) is 4. The monoisotopic (exact) mass is 305 g/mol. The van der Waals surface area contributed by atoms with Gasteiger partial charge in [0.05, 0.1) is 0 Å². The largest absolute Gasteiger partial charge is 0.439 e. The highest BCUT2D eigenvalue weighted by atomic mass is 16.5. The van der Waals surface area contributed by atoms with Gasteiger partial charge in [-0.05, 0) is 24.1 Å². The first-order chi connectivity index (χ1) is 11.2. The minimum absolute atomic E-state index is 0.546. The number of ether oxygens (including phenoxy) is 1. The van der Waals surface area contributed by atoms with E-state index in [1.165, 1.54) is 11.9 Å². The highest BCUT2D eigenvalue weighted by molar-refractivity contribution is 5.43. The van der Waals surface area contributed by atoms with Gasteiger partial charge in [0.1, 0.15) is 17.9 Å². The Labute approximate surface area is 136 Å². The van der Waals surface area contributed by atoms with E-state index in [1.807, 2.05) is 62.5 Å². The van der Waals surface area contributed by atoms with Crippen LogP contribution < -0.4 is 9.64 Å². The Balaban J connectivity index is 1.76. The maximum atomic E-state index is 5.87. The fourth-order valence-electron chi connectivity index (χ4n) is 2.32. The number of aromatic nitrogens is 2. The van der Waals surface area contributed by atoms with Crippen molar-refractivity contribution in [3.63, 3.8) is 0 Å². The van der Waals surface area contributed by atoms with E-state index < -0.39 is 0 Å². The van der Waals surface area contributed by atoms with Crippen molar-refractivity contribution < 1.29 is 4.74 Å². The topological polar surface area (TPSA) is 38.2 Å². The van der Waals surface area contributed by atoms with E-state index >= 15 is 0 Å². The van der Waals surface area contributed by atoms with E-state index in [0.29, 0.717) is 5.88 Å². The molecule has 23 heavy (non-hydrogen) atoms. The van der Waals surface area contributed by atoms with Crippen LogP contribution in [-0.4, -0.2) is 17.0 Å². The third-order valence-corrected chi connectivity index (χ3v) is 3.59. The van der Waals surface area contributed by atoms with E-state index in [-0.39, 0.29) is 0 Å². The summed E-state index contributed by atoms with van der Waals surface area (Å²) in [5.41, 5.74) is 2.31. The molecule has 0 N–H and O–H groups in total. The normalized spacial score (nSPS) is 10.3. The van der Waals surface area contributed by atoms with Crippen LogP contribution in [-0.2, 0) is 6.54 Å². The zero-order valence-electron chi connectivity index (χ0n) is 13.3. The number of para-hydroxylation sites is 1. The highest BCUT2D eigenvalue weighted by Crippen LogP contribution is 2.25. The molecule has 0 atom stereocenters. The van der Waals surface area contributed by atoms with Crippen LogP contribution in [0.3, 0.4) is 0 Å². The lowest BCUT2D eigenvalue weighted by molar-refractivity contribution is 0.458. The maximum absolute atomic E-state index is 5.87. The van der Waals surface area contributed by atoms with E-state index in [9.17, 15) is 0 Å². The van der Waals surface area contributed by atoms with Crippen LogP contribution in [0.4, 0.5) is 5.82 Å². The second-order valence-corrected chi connectivity index (χ2v) is 5.42. The van der Waals surface area contributed by atoms with Crippen LogP contribution >= 0.6 is 0 Å². The summed E-state index contributed by atoms with van der Waals surface area (Å²) in [5, 5.41) is 0. The van der Waals surface area contributed by atoms with Gasteiger partial charge in [-0.3, -0.25) is 0 Å². The zero-order chi connectivity index (χ0) is 16.1. The lowest BCUT2D eigenvalue weighted by atomic mass is 10.2. The van der Waals surface area contributed by atoms with Crippen molar-refractivity contribution in [2.24, 2.45) is 0 Å². The van der Waals surface area contributed by atoms with Gasteiger partial charge < -0.3 is 9.64 Å². The fourth-order valence-corrected chi connectivity index (χ4v) is 2.32. The average Bonchev–Trinajstić information content (AvgIpc) is 2.58. The van der Waals surface area contributed by atoms with Crippen molar-refractivity contribution in [2.75, 3.05) is 11.9 Å². The predicted molar refractivity (Wildman–Crippen MR) is 91.8 cm³/mol. The van der Waals surface area contributed by atoms with Crippen LogP contribution in [0.25, 0.3) is 0 Å². The molecular weight excluding hydrogens is 286 g/mol. The van der Waals surface area contributed by atoms with Gasteiger partial charge in [0.15, 0.2) is 0 Å². The van der Waals surface area contributed by atoms with Gasteiger partial charge >= 0.3 is 0 Å². The zero-order valence-corrected chi connectivity index (χ0v) is 13.3. The summed E-state index contributed by atoms with van der Waals surface area (Å²) >= 11 is 0. The lowest BCUT2D eigenvalue weighted by Gasteiger charge is -2.18. The molecule has 1 heterocycles. The maximum Gasteiger partial charge on any atom is 0.224 e. The second kappa shape index (κ2) is 6.92. The molecule has 0 aliphatic rings. The Morgan fingerprint density at radius 1 is 0.957 bits per heavy atom. The molecule has 1 aromatic heterocycles. The van der Waals surface area contributed by atoms with E-state index in [0.717, 1.165) is 23.7 Å². The molecule has 0 bridgehead atoms. The van der Waals surface area contributed by atoms with Crippen molar-refractivity contribution >= 4 is 5.82 Å². The average molecular weight is 305 g/mol. The standard InChI is InChI=1S/C19H19N3O/c1-15-8-6-7-11-17(15)23-19-12-18(20-14-21-19)22(2)13-16-9-4-3-5-10-16/h3-12,14H,13H2,1-2H3. The van der Waals surface area contributed by atoms with Crippen molar-refractivity contribution in [1.29, 1.82) is 0 Å². The third-order valence-electron chi connectivity index (χ3n) is 3.59. The van der Waals surface area contributed by atoms with Crippen LogP contribution in [0, 0.1) is 6.92 Å². The molecule has 4 heteroatoms. The van der Waals surface area contributed by atoms with Crippen molar-refractivity contribution in [3.05, 3.63) is 78.1 Å². The van der Waals surface area contributed by atoms with Gasteiger partial charge in [-0.25, -0.2) is 9.97 Å². The fraction of sp³-hybridized carbons (Fsp3) is 0.158. The molecule has 116 valence electrons. The second-order valence-electron chi connectivity index (χ2n) is 5.42. The molecule has 0 unspecified atom stereocenters. The molecule has 0 radical (unpaired) electrons. The summed E-state index contributed by atoms with van der Waals surface area (Å²) < 4.78 is 5.87. The molecule has 3 aromatic rings. The predicted octanol–water partition coefficient (Wildman–Crippen LogP) is 4.21. The summed E-state index contributed by atoms with van der Waals surface area (Å²) in [6, 6.07) is 20.0. The highest BCUT2D eigenvalue weighted by Gasteiger charge is 2.07. The van der Waals surface area contributed by atoms with E-state index in [4.69, 9.17) is 4.74 Å². The Bertz CT molecular complexity index is 774. The van der Waals surface area contributed by atoms with Gasteiger partial charge in [0, 0.05) is 19.7 Å². The third kappa shape index (κ3) is 3.86. The number of hydrogen-bond donors (Lipinski definition) is 0. The van der Waals surface area contributed by atoms with Gasteiger partial charge in [0.2, 0.25) is 5.88 Å². The summed E-state index contributed by atoms with van der Waals surface area (Å²) in [5.74, 6) is 2.18. The molecule has 4 nitrogen and oxygen atoms in total. The molecular formula is C19H19N3O. The van der Waals surface area contributed by atoms with E-state index in [1.54, 1.807) is 0 Å².